The SMILES string of the molecule is COC(=O)[C@H](C)Oc1ccc2c(c1)OC(=Cc1cc(OC)ccc1OC)C2=O. The molecule has 2 aromatic carbocycles. The first-order valence-electron chi connectivity index (χ1n) is 8.51. The van der Waals surface area contributed by atoms with Crippen LogP contribution in [0.3, 0.4) is 0 Å². The van der Waals surface area contributed by atoms with Crippen LogP contribution in [0.5, 0.6) is 23.0 Å². The molecule has 0 unspecified atom stereocenters. The van der Waals surface area contributed by atoms with Gasteiger partial charge in [0.05, 0.1) is 26.9 Å². The van der Waals surface area contributed by atoms with E-state index in [1.807, 2.05) is 0 Å². The van der Waals surface area contributed by atoms with E-state index >= 15 is 0 Å². The highest BCUT2D eigenvalue weighted by Crippen LogP contribution is 2.36. The Morgan fingerprint density at radius 2 is 1.79 bits per heavy atom. The molecule has 0 spiro atoms. The summed E-state index contributed by atoms with van der Waals surface area (Å²) in [7, 11) is 4.39. The summed E-state index contributed by atoms with van der Waals surface area (Å²) in [5.74, 6) is 1.35. The first kappa shape index (κ1) is 19.3. The lowest BCUT2D eigenvalue weighted by Gasteiger charge is -2.12. The summed E-state index contributed by atoms with van der Waals surface area (Å²) in [6, 6.07) is 10.0. The Morgan fingerprint density at radius 3 is 2.46 bits per heavy atom. The summed E-state index contributed by atoms with van der Waals surface area (Å²) in [5, 5.41) is 0. The van der Waals surface area contributed by atoms with Gasteiger partial charge in [-0.15, -0.1) is 0 Å². The topological polar surface area (TPSA) is 80.3 Å². The average Bonchev–Trinajstić information content (AvgIpc) is 3.01. The number of allylic oxidation sites excluding steroid dienone is 1. The van der Waals surface area contributed by atoms with Crippen LogP contribution in [-0.2, 0) is 9.53 Å². The number of rotatable bonds is 6. The second-order valence-corrected chi connectivity index (χ2v) is 5.99. The zero-order valence-electron chi connectivity index (χ0n) is 16.0. The van der Waals surface area contributed by atoms with Gasteiger partial charge in [0.25, 0.3) is 0 Å². The molecule has 0 N–H and O–H groups in total. The van der Waals surface area contributed by atoms with Gasteiger partial charge in [-0.1, -0.05) is 0 Å². The summed E-state index contributed by atoms with van der Waals surface area (Å²) < 4.78 is 26.4. The van der Waals surface area contributed by atoms with E-state index < -0.39 is 12.1 Å². The highest BCUT2D eigenvalue weighted by Gasteiger charge is 2.28. The van der Waals surface area contributed by atoms with Crippen LogP contribution >= 0.6 is 0 Å². The largest absolute Gasteiger partial charge is 0.497 e. The maximum atomic E-state index is 12.7. The number of fused-ring (bicyclic) bond motifs is 1. The smallest absolute Gasteiger partial charge is 0.346 e. The maximum Gasteiger partial charge on any atom is 0.346 e. The molecule has 3 rings (SSSR count). The number of hydrogen-bond donors (Lipinski definition) is 0. The van der Waals surface area contributed by atoms with E-state index in [1.54, 1.807) is 63.6 Å². The molecule has 0 fully saturated rings. The predicted octanol–water partition coefficient (Wildman–Crippen LogP) is 3.26. The van der Waals surface area contributed by atoms with Crippen molar-refractivity contribution in [3.63, 3.8) is 0 Å². The van der Waals surface area contributed by atoms with Gasteiger partial charge >= 0.3 is 5.97 Å². The first-order valence-corrected chi connectivity index (χ1v) is 8.51. The first-order chi connectivity index (χ1) is 13.5. The Kier molecular flexibility index (Phi) is 5.54. The van der Waals surface area contributed by atoms with Crippen molar-refractivity contribution in [1.82, 2.24) is 0 Å². The van der Waals surface area contributed by atoms with Crippen molar-refractivity contribution in [1.29, 1.82) is 0 Å². The zero-order chi connectivity index (χ0) is 20.3. The van der Waals surface area contributed by atoms with E-state index in [0.717, 1.165) is 0 Å². The highest BCUT2D eigenvalue weighted by atomic mass is 16.6. The molecule has 2 aromatic rings. The molecule has 1 aliphatic rings. The van der Waals surface area contributed by atoms with Gasteiger partial charge in [-0.3, -0.25) is 4.79 Å². The Hall–Kier alpha value is -3.48. The number of Topliss-reactive ketones (excluding diaryl/α,β-unsaturated/α-hetero) is 1. The molecule has 146 valence electrons. The third-order valence-electron chi connectivity index (χ3n) is 4.21. The molecule has 7 heteroatoms. The zero-order valence-corrected chi connectivity index (χ0v) is 16.0. The van der Waals surface area contributed by atoms with Crippen molar-refractivity contribution in [2.75, 3.05) is 21.3 Å². The lowest BCUT2D eigenvalue weighted by molar-refractivity contribution is -0.147. The molecule has 0 bridgehead atoms. The molecule has 7 nitrogen and oxygen atoms in total. The van der Waals surface area contributed by atoms with Crippen LogP contribution in [0.25, 0.3) is 6.08 Å². The molecular formula is C21H20O7. The van der Waals surface area contributed by atoms with Gasteiger partial charge in [0, 0.05) is 11.6 Å². The fourth-order valence-electron chi connectivity index (χ4n) is 2.75. The third kappa shape index (κ3) is 3.78. The Balaban J connectivity index is 1.88. The van der Waals surface area contributed by atoms with Crippen LogP contribution in [0.2, 0.25) is 0 Å². The molecule has 0 aromatic heterocycles. The lowest BCUT2D eigenvalue weighted by Crippen LogP contribution is -2.24. The normalized spacial score (nSPS) is 14.9. The van der Waals surface area contributed by atoms with E-state index in [1.165, 1.54) is 7.11 Å². The minimum atomic E-state index is -0.781. The van der Waals surface area contributed by atoms with Crippen molar-refractivity contribution in [3.8, 4) is 23.0 Å². The molecule has 1 atom stereocenters. The minimum Gasteiger partial charge on any atom is -0.497 e. The lowest BCUT2D eigenvalue weighted by atomic mass is 10.1. The molecule has 0 aliphatic carbocycles. The molecule has 1 heterocycles. The van der Waals surface area contributed by atoms with Gasteiger partial charge in [-0.2, -0.15) is 0 Å². The van der Waals surface area contributed by atoms with Crippen LogP contribution < -0.4 is 18.9 Å². The third-order valence-corrected chi connectivity index (χ3v) is 4.21. The van der Waals surface area contributed by atoms with Crippen LogP contribution in [-0.4, -0.2) is 39.2 Å². The second-order valence-electron chi connectivity index (χ2n) is 5.99. The summed E-state index contributed by atoms with van der Waals surface area (Å²) in [4.78, 5) is 24.2. The summed E-state index contributed by atoms with van der Waals surface area (Å²) in [5.41, 5.74) is 1.06. The molecule has 1 aliphatic heterocycles. The number of esters is 1. The van der Waals surface area contributed by atoms with Gasteiger partial charge < -0.3 is 23.7 Å². The van der Waals surface area contributed by atoms with Gasteiger partial charge in [0.1, 0.15) is 23.0 Å². The molecule has 0 amide bonds. The number of benzene rings is 2. The second kappa shape index (κ2) is 8.04. The van der Waals surface area contributed by atoms with Crippen molar-refractivity contribution >= 4 is 17.8 Å². The van der Waals surface area contributed by atoms with Crippen LogP contribution in [0, 0.1) is 0 Å². The van der Waals surface area contributed by atoms with Crippen molar-refractivity contribution in [2.24, 2.45) is 0 Å². The van der Waals surface area contributed by atoms with Crippen LogP contribution in [0.15, 0.2) is 42.2 Å². The standard InChI is InChI=1S/C21H20O7/c1-12(21(23)26-4)27-15-5-7-16-18(11-15)28-19(20(16)22)10-13-9-14(24-2)6-8-17(13)25-3/h5-12H,1-4H3/t12-/m0/s1. The van der Waals surface area contributed by atoms with Gasteiger partial charge in [-0.25, -0.2) is 4.79 Å². The Labute approximate surface area is 162 Å². The Morgan fingerprint density at radius 1 is 1.04 bits per heavy atom. The van der Waals surface area contributed by atoms with E-state index in [-0.39, 0.29) is 11.5 Å². The molecule has 0 saturated carbocycles. The van der Waals surface area contributed by atoms with E-state index in [9.17, 15) is 9.59 Å². The van der Waals surface area contributed by atoms with Crippen LogP contribution in [0.4, 0.5) is 0 Å². The fourth-order valence-corrected chi connectivity index (χ4v) is 2.75. The van der Waals surface area contributed by atoms with Crippen molar-refractivity contribution in [2.45, 2.75) is 13.0 Å². The summed E-state index contributed by atoms with van der Waals surface area (Å²) >= 11 is 0. The minimum absolute atomic E-state index is 0.153. The van der Waals surface area contributed by atoms with E-state index in [0.29, 0.717) is 34.1 Å². The van der Waals surface area contributed by atoms with E-state index in [2.05, 4.69) is 4.74 Å². The number of ketones is 1. The number of carbonyl (C=O) groups is 2. The average molecular weight is 384 g/mol. The van der Waals surface area contributed by atoms with E-state index in [4.69, 9.17) is 18.9 Å². The maximum absolute atomic E-state index is 12.7. The quantitative estimate of drug-likeness (QED) is 0.559. The van der Waals surface area contributed by atoms with Gasteiger partial charge in [0.15, 0.2) is 11.9 Å². The highest BCUT2D eigenvalue weighted by molar-refractivity contribution is 6.14. The van der Waals surface area contributed by atoms with Gasteiger partial charge in [-0.05, 0) is 43.3 Å². The summed E-state index contributed by atoms with van der Waals surface area (Å²) in [6.07, 6.45) is 0.817. The van der Waals surface area contributed by atoms with Crippen molar-refractivity contribution in [3.05, 3.63) is 53.3 Å². The number of carbonyl (C=O) groups excluding carboxylic acids is 2. The van der Waals surface area contributed by atoms with Gasteiger partial charge in [0.2, 0.25) is 5.78 Å². The molecule has 0 saturated heterocycles. The monoisotopic (exact) mass is 384 g/mol. The Bertz CT molecular complexity index is 946. The van der Waals surface area contributed by atoms with Crippen LogP contribution in [0.1, 0.15) is 22.8 Å². The molecule has 0 radical (unpaired) electrons. The predicted molar refractivity (Wildman–Crippen MR) is 101 cm³/mol. The molecule has 28 heavy (non-hydrogen) atoms. The number of methoxy groups -OCH3 is 3. The fraction of sp³-hybridized carbons (Fsp3) is 0.238. The van der Waals surface area contributed by atoms with Crippen molar-refractivity contribution < 1.29 is 33.3 Å². The number of ether oxygens (including phenoxy) is 5. The summed E-state index contributed by atoms with van der Waals surface area (Å²) in [6.45, 7) is 1.57. The molecular weight excluding hydrogens is 364 g/mol. The number of hydrogen-bond acceptors (Lipinski definition) is 7.